The van der Waals surface area contributed by atoms with Crippen molar-refractivity contribution in [2.24, 2.45) is 5.73 Å². The van der Waals surface area contributed by atoms with Crippen molar-refractivity contribution in [1.82, 2.24) is 14.9 Å². The molecule has 0 bridgehead atoms. The molecular weight excluding hydrogens is 309 g/mol. The van der Waals surface area contributed by atoms with Gasteiger partial charge in [-0.25, -0.2) is 9.97 Å². The van der Waals surface area contributed by atoms with Crippen LogP contribution in [-0.4, -0.2) is 54.1 Å². The quantitative estimate of drug-likeness (QED) is 0.892. The Labute approximate surface area is 139 Å². The van der Waals surface area contributed by atoms with Crippen molar-refractivity contribution in [3.8, 4) is 0 Å². The van der Waals surface area contributed by atoms with Crippen LogP contribution in [0, 0.1) is 0 Å². The number of hydrogen-bond donors (Lipinski definition) is 1. The Kier molecular flexibility index (Phi) is 7.13. The number of nitrogens with two attached hydrogens (primary N) is 1. The summed E-state index contributed by atoms with van der Waals surface area (Å²) in [4.78, 5) is 13.6. The molecule has 0 amide bonds. The van der Waals surface area contributed by atoms with Crippen LogP contribution < -0.4 is 10.6 Å². The van der Waals surface area contributed by atoms with Crippen molar-refractivity contribution in [3.05, 3.63) is 18.1 Å². The zero-order valence-corrected chi connectivity index (χ0v) is 14.1. The lowest BCUT2D eigenvalue weighted by molar-refractivity contribution is 0.345. The fourth-order valence-corrected chi connectivity index (χ4v) is 2.94. The van der Waals surface area contributed by atoms with E-state index >= 15 is 0 Å². The van der Waals surface area contributed by atoms with Gasteiger partial charge in [-0.15, -0.1) is 24.8 Å². The third-order valence-electron chi connectivity index (χ3n) is 4.31. The van der Waals surface area contributed by atoms with Crippen LogP contribution in [-0.2, 0) is 0 Å². The van der Waals surface area contributed by atoms with E-state index in [4.69, 9.17) is 5.73 Å². The predicted molar refractivity (Wildman–Crippen MR) is 90.8 cm³/mol. The Balaban J connectivity index is 0.00000110. The van der Waals surface area contributed by atoms with E-state index in [1.54, 1.807) is 6.33 Å². The number of aromatic nitrogens is 2. The fourth-order valence-electron chi connectivity index (χ4n) is 2.94. The van der Waals surface area contributed by atoms with Crippen molar-refractivity contribution >= 4 is 30.6 Å². The summed E-state index contributed by atoms with van der Waals surface area (Å²) >= 11 is 0. The molecule has 1 saturated heterocycles. The number of anilines is 1. The Bertz CT molecular complexity index is 439. The molecule has 1 aromatic heterocycles. The largest absolute Gasteiger partial charge is 0.355 e. The molecule has 1 saturated carbocycles. The summed E-state index contributed by atoms with van der Waals surface area (Å²) in [7, 11) is 2.19. The van der Waals surface area contributed by atoms with Gasteiger partial charge in [0.1, 0.15) is 12.1 Å². The highest BCUT2D eigenvalue weighted by Gasteiger charge is 2.29. The first-order valence-electron chi connectivity index (χ1n) is 7.23. The molecule has 0 unspecified atom stereocenters. The molecular formula is C14H25Cl2N5. The maximum atomic E-state index is 5.86. The molecule has 0 aromatic carbocycles. The highest BCUT2D eigenvalue weighted by molar-refractivity contribution is 5.85. The number of halogens is 2. The van der Waals surface area contributed by atoms with Crippen molar-refractivity contribution in [3.63, 3.8) is 0 Å². The molecule has 7 heteroatoms. The van der Waals surface area contributed by atoms with E-state index in [9.17, 15) is 0 Å². The van der Waals surface area contributed by atoms with Crippen molar-refractivity contribution in [2.45, 2.75) is 31.2 Å². The molecule has 5 nitrogen and oxygen atoms in total. The third-order valence-corrected chi connectivity index (χ3v) is 4.31. The van der Waals surface area contributed by atoms with Gasteiger partial charge in [-0.2, -0.15) is 0 Å². The van der Waals surface area contributed by atoms with E-state index in [2.05, 4.69) is 32.9 Å². The van der Waals surface area contributed by atoms with Crippen LogP contribution in [0.25, 0.3) is 0 Å². The van der Waals surface area contributed by atoms with Crippen LogP contribution in [0.5, 0.6) is 0 Å². The first-order chi connectivity index (χ1) is 9.22. The molecule has 1 aromatic rings. The van der Waals surface area contributed by atoms with Crippen molar-refractivity contribution in [2.75, 3.05) is 38.1 Å². The highest BCUT2D eigenvalue weighted by Crippen LogP contribution is 2.35. The van der Waals surface area contributed by atoms with Crippen LogP contribution in [0.2, 0.25) is 0 Å². The van der Waals surface area contributed by atoms with E-state index in [-0.39, 0.29) is 24.8 Å². The van der Waals surface area contributed by atoms with Crippen molar-refractivity contribution < 1.29 is 0 Å². The smallest absolute Gasteiger partial charge is 0.132 e. The number of nitrogens with zero attached hydrogens (tertiary/aromatic N) is 4. The van der Waals surface area contributed by atoms with Gasteiger partial charge in [0.15, 0.2) is 0 Å². The summed E-state index contributed by atoms with van der Waals surface area (Å²) < 4.78 is 0. The van der Waals surface area contributed by atoms with Gasteiger partial charge in [0.05, 0.1) is 0 Å². The molecule has 0 spiro atoms. The van der Waals surface area contributed by atoms with Gasteiger partial charge in [0.2, 0.25) is 0 Å². The minimum atomic E-state index is 0. The first-order valence-corrected chi connectivity index (χ1v) is 7.23. The van der Waals surface area contributed by atoms with Crippen LogP contribution in [0.15, 0.2) is 12.4 Å². The lowest BCUT2D eigenvalue weighted by Gasteiger charge is -2.32. The summed E-state index contributed by atoms with van der Waals surface area (Å²) in [6.45, 7) is 4.42. The van der Waals surface area contributed by atoms with E-state index in [1.807, 2.05) is 0 Å². The van der Waals surface area contributed by atoms with E-state index in [0.717, 1.165) is 38.3 Å². The minimum Gasteiger partial charge on any atom is -0.355 e. The number of hydrogen-bond acceptors (Lipinski definition) is 5. The maximum absolute atomic E-state index is 5.86. The van der Waals surface area contributed by atoms with Gasteiger partial charge < -0.3 is 15.5 Å². The summed E-state index contributed by atoms with van der Waals surface area (Å²) in [5, 5.41) is 0. The summed E-state index contributed by atoms with van der Waals surface area (Å²) in [5.41, 5.74) is 7.03. The average Bonchev–Trinajstić information content (AvgIpc) is 2.60. The lowest BCUT2D eigenvalue weighted by atomic mass is 9.78. The molecule has 120 valence electrons. The van der Waals surface area contributed by atoms with Gasteiger partial charge in [-0.05, 0) is 32.9 Å². The highest BCUT2D eigenvalue weighted by atomic mass is 35.5. The van der Waals surface area contributed by atoms with Crippen LogP contribution in [0.1, 0.15) is 30.9 Å². The summed E-state index contributed by atoms with van der Waals surface area (Å²) in [6, 6.07) is 2.54. The molecule has 0 atom stereocenters. The second kappa shape index (κ2) is 8.13. The SMILES string of the molecule is CN1CCCN(c2cc(C3CC(N)C3)ncn2)CC1.Cl.Cl. The summed E-state index contributed by atoms with van der Waals surface area (Å²) in [5.74, 6) is 1.63. The van der Waals surface area contributed by atoms with E-state index in [0.29, 0.717) is 12.0 Å². The molecule has 21 heavy (non-hydrogen) atoms. The number of rotatable bonds is 2. The zero-order chi connectivity index (χ0) is 13.2. The normalized spacial score (nSPS) is 26.1. The Morgan fingerprint density at radius 2 is 1.86 bits per heavy atom. The lowest BCUT2D eigenvalue weighted by Crippen LogP contribution is -2.35. The number of likely N-dealkylation sites (N-methyl/N-ethyl adjacent to an activating group) is 1. The summed E-state index contributed by atoms with van der Waals surface area (Å²) in [6.07, 6.45) is 5.05. The molecule has 2 N–H and O–H groups in total. The van der Waals surface area contributed by atoms with Crippen LogP contribution in [0.4, 0.5) is 5.82 Å². The maximum Gasteiger partial charge on any atom is 0.132 e. The molecule has 1 aliphatic heterocycles. The standard InChI is InChI=1S/C14H23N5.2ClH/c1-18-3-2-4-19(6-5-18)14-9-13(16-10-17-14)11-7-12(15)8-11;;/h9-12H,2-8,15H2,1H3;2*1H. The van der Waals surface area contributed by atoms with E-state index in [1.165, 1.54) is 18.7 Å². The third kappa shape index (κ3) is 4.42. The van der Waals surface area contributed by atoms with Gasteiger partial charge in [-0.1, -0.05) is 0 Å². The van der Waals surface area contributed by atoms with Gasteiger partial charge in [-0.3, -0.25) is 0 Å². The molecule has 2 fully saturated rings. The zero-order valence-electron chi connectivity index (χ0n) is 12.4. The van der Waals surface area contributed by atoms with E-state index < -0.39 is 0 Å². The monoisotopic (exact) mass is 333 g/mol. The topological polar surface area (TPSA) is 58.3 Å². The molecule has 0 radical (unpaired) electrons. The Morgan fingerprint density at radius 1 is 1.10 bits per heavy atom. The average molecular weight is 334 g/mol. The van der Waals surface area contributed by atoms with Gasteiger partial charge in [0, 0.05) is 43.4 Å². The second-order valence-corrected chi connectivity index (χ2v) is 5.87. The fraction of sp³-hybridized carbons (Fsp3) is 0.714. The molecule has 2 heterocycles. The Morgan fingerprint density at radius 3 is 2.57 bits per heavy atom. The van der Waals surface area contributed by atoms with Crippen molar-refractivity contribution in [1.29, 1.82) is 0 Å². The predicted octanol–water partition coefficient (Wildman–Crippen LogP) is 1.67. The molecule has 1 aliphatic carbocycles. The molecule has 3 rings (SSSR count). The Hall–Kier alpha value is -0.620. The van der Waals surface area contributed by atoms with Gasteiger partial charge in [0.25, 0.3) is 0 Å². The molecule has 2 aliphatic rings. The second-order valence-electron chi connectivity index (χ2n) is 5.87. The van der Waals surface area contributed by atoms with Crippen LogP contribution in [0.3, 0.4) is 0 Å². The van der Waals surface area contributed by atoms with Crippen LogP contribution >= 0.6 is 24.8 Å². The minimum absolute atomic E-state index is 0. The van der Waals surface area contributed by atoms with Gasteiger partial charge >= 0.3 is 0 Å². The first kappa shape index (κ1) is 18.4.